The van der Waals surface area contributed by atoms with E-state index in [9.17, 15) is 8.96 Å². The van der Waals surface area contributed by atoms with Crippen molar-refractivity contribution < 1.29 is 22.4 Å². The van der Waals surface area contributed by atoms with Gasteiger partial charge in [-0.05, 0) is 55.8 Å². The second kappa shape index (κ2) is 9.55. The van der Waals surface area contributed by atoms with Crippen LogP contribution in [0.5, 0.6) is 0 Å². The van der Waals surface area contributed by atoms with Gasteiger partial charge in [-0.25, -0.2) is 4.39 Å². The van der Waals surface area contributed by atoms with E-state index in [-0.39, 0.29) is 36.2 Å². The highest BCUT2D eigenvalue weighted by Crippen LogP contribution is 2.49. The van der Waals surface area contributed by atoms with Crippen LogP contribution in [-0.2, 0) is 20.2 Å². The van der Waals surface area contributed by atoms with Gasteiger partial charge in [0.05, 0.1) is 13.2 Å². The SMILES string of the molecule is CCOP(=O)(OCC)c1nc(-c2ccc(Cl)cc2)oc1NCc1ccc(F)cc1. The molecule has 1 heterocycles. The monoisotopic (exact) mass is 438 g/mol. The van der Waals surface area contributed by atoms with Crippen LogP contribution in [0.2, 0.25) is 5.02 Å². The fourth-order valence-electron chi connectivity index (χ4n) is 2.61. The Balaban J connectivity index is 1.97. The van der Waals surface area contributed by atoms with Gasteiger partial charge in [0, 0.05) is 17.1 Å². The number of halogens is 2. The number of hydrogen-bond donors (Lipinski definition) is 1. The van der Waals surface area contributed by atoms with Gasteiger partial charge in [0.1, 0.15) is 5.82 Å². The van der Waals surface area contributed by atoms with Crippen molar-refractivity contribution >= 4 is 30.5 Å². The molecule has 0 spiro atoms. The number of hydrogen-bond acceptors (Lipinski definition) is 6. The maximum atomic E-state index is 13.3. The Kier molecular flexibility index (Phi) is 7.09. The minimum Gasteiger partial charge on any atom is -0.420 e. The van der Waals surface area contributed by atoms with Crippen molar-refractivity contribution in [2.45, 2.75) is 20.4 Å². The summed E-state index contributed by atoms with van der Waals surface area (Å²) in [7, 11) is -3.70. The highest BCUT2D eigenvalue weighted by Gasteiger charge is 2.35. The lowest BCUT2D eigenvalue weighted by Crippen LogP contribution is -2.16. The maximum absolute atomic E-state index is 13.3. The Morgan fingerprint density at radius 1 is 1.07 bits per heavy atom. The average molecular weight is 439 g/mol. The smallest absolute Gasteiger partial charge is 0.385 e. The Morgan fingerprint density at radius 2 is 1.69 bits per heavy atom. The molecule has 0 bridgehead atoms. The van der Waals surface area contributed by atoms with Crippen LogP contribution >= 0.6 is 19.2 Å². The molecule has 0 unspecified atom stereocenters. The summed E-state index contributed by atoms with van der Waals surface area (Å²) in [5.74, 6) is 0.0960. The second-order valence-electron chi connectivity index (χ2n) is 5.99. The van der Waals surface area contributed by atoms with Crippen LogP contribution in [0.1, 0.15) is 19.4 Å². The van der Waals surface area contributed by atoms with E-state index in [2.05, 4.69) is 10.3 Å². The third-order valence-electron chi connectivity index (χ3n) is 3.92. The van der Waals surface area contributed by atoms with Crippen molar-refractivity contribution in [1.82, 2.24) is 4.98 Å². The molecular weight excluding hydrogens is 418 g/mol. The predicted octanol–water partition coefficient (Wildman–Crippen LogP) is 5.64. The quantitative estimate of drug-likeness (QED) is 0.436. The lowest BCUT2D eigenvalue weighted by Gasteiger charge is -2.15. The van der Waals surface area contributed by atoms with Crippen LogP contribution in [0.15, 0.2) is 52.9 Å². The molecule has 1 aromatic heterocycles. The van der Waals surface area contributed by atoms with Crippen LogP contribution < -0.4 is 10.8 Å². The Labute approximate surface area is 173 Å². The van der Waals surface area contributed by atoms with Crippen LogP contribution in [0.25, 0.3) is 11.5 Å². The van der Waals surface area contributed by atoms with E-state index >= 15 is 0 Å². The van der Waals surface area contributed by atoms with Crippen molar-refractivity contribution in [2.24, 2.45) is 0 Å². The highest BCUT2D eigenvalue weighted by molar-refractivity contribution is 7.62. The highest BCUT2D eigenvalue weighted by atomic mass is 35.5. The van der Waals surface area contributed by atoms with E-state index in [1.165, 1.54) is 12.1 Å². The molecule has 3 aromatic rings. The van der Waals surface area contributed by atoms with E-state index in [4.69, 9.17) is 25.1 Å². The summed E-state index contributed by atoms with van der Waals surface area (Å²) >= 11 is 5.94. The fraction of sp³-hybridized carbons (Fsp3) is 0.250. The molecule has 6 nitrogen and oxygen atoms in total. The molecule has 1 N–H and O–H groups in total. The molecule has 3 rings (SSSR count). The molecule has 0 aliphatic heterocycles. The van der Waals surface area contributed by atoms with Gasteiger partial charge in [-0.1, -0.05) is 23.7 Å². The summed E-state index contributed by atoms with van der Waals surface area (Å²) in [4.78, 5) is 4.40. The summed E-state index contributed by atoms with van der Waals surface area (Å²) in [6.45, 7) is 4.10. The Bertz CT molecular complexity index is 983. The molecule has 0 saturated heterocycles. The zero-order valence-electron chi connectivity index (χ0n) is 16.0. The lowest BCUT2D eigenvalue weighted by molar-refractivity contribution is 0.229. The van der Waals surface area contributed by atoms with Gasteiger partial charge in [-0.3, -0.25) is 4.57 Å². The molecule has 2 aromatic carbocycles. The van der Waals surface area contributed by atoms with Crippen LogP contribution in [-0.4, -0.2) is 18.2 Å². The second-order valence-corrected chi connectivity index (χ2v) is 8.36. The third-order valence-corrected chi connectivity index (χ3v) is 6.19. The van der Waals surface area contributed by atoms with Crippen molar-refractivity contribution in [3.05, 3.63) is 64.9 Å². The van der Waals surface area contributed by atoms with Gasteiger partial charge in [-0.15, -0.1) is 0 Å². The number of rotatable bonds is 9. The van der Waals surface area contributed by atoms with Crippen molar-refractivity contribution in [3.8, 4) is 11.5 Å². The number of oxazole rings is 1. The minimum absolute atomic E-state index is 0.0632. The average Bonchev–Trinajstić information content (AvgIpc) is 3.14. The first-order valence-electron chi connectivity index (χ1n) is 9.10. The summed E-state index contributed by atoms with van der Waals surface area (Å²) in [6.07, 6.45) is 0. The first kappa shape index (κ1) is 21.5. The molecule has 0 aliphatic rings. The molecule has 0 atom stereocenters. The normalized spacial score (nSPS) is 11.6. The molecule has 0 radical (unpaired) electrons. The number of aromatic nitrogens is 1. The van der Waals surface area contributed by atoms with Crippen molar-refractivity contribution in [3.63, 3.8) is 0 Å². The van der Waals surface area contributed by atoms with E-state index < -0.39 is 7.60 Å². The molecule has 9 heteroatoms. The number of anilines is 1. The Morgan fingerprint density at radius 3 is 2.28 bits per heavy atom. The topological polar surface area (TPSA) is 73.6 Å². The van der Waals surface area contributed by atoms with E-state index in [0.717, 1.165) is 5.56 Å². The zero-order chi connectivity index (χ0) is 20.9. The largest absolute Gasteiger partial charge is 0.420 e. The summed E-state index contributed by atoms with van der Waals surface area (Å²) in [5.41, 5.74) is 1.53. The minimum atomic E-state index is -3.70. The van der Waals surface area contributed by atoms with E-state index in [1.807, 2.05) is 0 Å². The van der Waals surface area contributed by atoms with E-state index in [0.29, 0.717) is 17.1 Å². The van der Waals surface area contributed by atoms with Gasteiger partial charge in [0.15, 0.2) is 0 Å². The summed E-state index contributed by atoms with van der Waals surface area (Å²) < 4.78 is 43.2. The molecule has 0 fully saturated rings. The van der Waals surface area contributed by atoms with Gasteiger partial charge in [0.25, 0.3) is 0 Å². The third kappa shape index (κ3) is 5.25. The zero-order valence-corrected chi connectivity index (χ0v) is 17.7. The summed E-state index contributed by atoms with van der Waals surface area (Å²) in [6, 6.07) is 12.9. The molecule has 29 heavy (non-hydrogen) atoms. The van der Waals surface area contributed by atoms with Crippen LogP contribution in [0, 0.1) is 5.82 Å². The lowest BCUT2D eigenvalue weighted by atomic mass is 10.2. The van der Waals surface area contributed by atoms with Gasteiger partial charge < -0.3 is 18.8 Å². The van der Waals surface area contributed by atoms with Gasteiger partial charge in [0.2, 0.25) is 17.2 Å². The number of benzene rings is 2. The van der Waals surface area contributed by atoms with Crippen LogP contribution in [0.4, 0.5) is 10.3 Å². The molecule has 0 amide bonds. The maximum Gasteiger partial charge on any atom is 0.385 e. The number of nitrogens with one attached hydrogen (secondary N) is 1. The van der Waals surface area contributed by atoms with Crippen LogP contribution in [0.3, 0.4) is 0 Å². The van der Waals surface area contributed by atoms with Crippen molar-refractivity contribution in [2.75, 3.05) is 18.5 Å². The standard InChI is InChI=1S/C20H21ClFN2O4P/c1-3-26-29(25,27-4-2)20-19(23-13-14-5-11-17(22)12-6-14)28-18(24-20)15-7-9-16(21)10-8-15/h5-12,23H,3-4,13H2,1-2H3. The molecule has 0 saturated carbocycles. The fourth-order valence-corrected chi connectivity index (χ4v) is 4.32. The number of nitrogens with zero attached hydrogens (tertiary/aromatic N) is 1. The summed E-state index contributed by atoms with van der Waals surface area (Å²) in [5, 5.41) is 3.64. The molecule has 154 valence electrons. The molecule has 0 aliphatic carbocycles. The first-order chi connectivity index (χ1) is 13.9. The van der Waals surface area contributed by atoms with Gasteiger partial charge >= 0.3 is 7.60 Å². The predicted molar refractivity (Wildman–Crippen MR) is 111 cm³/mol. The first-order valence-corrected chi connectivity index (χ1v) is 11.0. The molecular formula is C20H21ClFN2O4P. The van der Waals surface area contributed by atoms with Gasteiger partial charge in [-0.2, -0.15) is 4.98 Å². The van der Waals surface area contributed by atoms with E-state index in [1.54, 1.807) is 50.2 Å². The van der Waals surface area contributed by atoms with Crippen molar-refractivity contribution in [1.29, 1.82) is 0 Å². The Hall–Kier alpha value is -2.18.